The highest BCUT2D eigenvalue weighted by Gasteiger charge is 1.99. The molecular formula is C8H6IN3. The SMILES string of the molecule is Cc1ncnc2cnc(I)cc12. The molecule has 0 aliphatic carbocycles. The summed E-state index contributed by atoms with van der Waals surface area (Å²) in [5.74, 6) is 0. The van der Waals surface area contributed by atoms with E-state index in [0.29, 0.717) is 0 Å². The van der Waals surface area contributed by atoms with Gasteiger partial charge in [0, 0.05) is 11.1 Å². The summed E-state index contributed by atoms with van der Waals surface area (Å²) in [6.07, 6.45) is 3.33. The zero-order chi connectivity index (χ0) is 8.55. The van der Waals surface area contributed by atoms with Crippen LogP contribution in [0.25, 0.3) is 10.9 Å². The van der Waals surface area contributed by atoms with Crippen LogP contribution in [-0.4, -0.2) is 15.0 Å². The molecule has 2 aromatic heterocycles. The lowest BCUT2D eigenvalue weighted by Gasteiger charge is -1.98. The zero-order valence-corrected chi connectivity index (χ0v) is 8.61. The molecule has 0 spiro atoms. The monoisotopic (exact) mass is 271 g/mol. The van der Waals surface area contributed by atoms with Crippen molar-refractivity contribution in [3.63, 3.8) is 0 Å². The van der Waals surface area contributed by atoms with Gasteiger partial charge in [0.1, 0.15) is 10.0 Å². The summed E-state index contributed by atoms with van der Waals surface area (Å²) in [7, 11) is 0. The van der Waals surface area contributed by atoms with Gasteiger partial charge in [0.2, 0.25) is 0 Å². The highest BCUT2D eigenvalue weighted by atomic mass is 127. The number of halogens is 1. The van der Waals surface area contributed by atoms with E-state index in [1.807, 2.05) is 13.0 Å². The van der Waals surface area contributed by atoms with E-state index in [1.54, 1.807) is 12.5 Å². The van der Waals surface area contributed by atoms with E-state index >= 15 is 0 Å². The highest BCUT2D eigenvalue weighted by Crippen LogP contribution is 2.14. The lowest BCUT2D eigenvalue weighted by Crippen LogP contribution is -1.89. The second-order valence-electron chi connectivity index (χ2n) is 2.48. The lowest BCUT2D eigenvalue weighted by atomic mass is 10.2. The van der Waals surface area contributed by atoms with Gasteiger partial charge in [0.15, 0.2) is 0 Å². The first-order valence-electron chi connectivity index (χ1n) is 3.50. The third-order valence-corrected chi connectivity index (χ3v) is 2.28. The Morgan fingerprint density at radius 3 is 2.92 bits per heavy atom. The lowest BCUT2D eigenvalue weighted by molar-refractivity contribution is 1.14. The van der Waals surface area contributed by atoms with Gasteiger partial charge in [0.05, 0.1) is 11.7 Å². The number of nitrogens with zero attached hydrogens (tertiary/aromatic N) is 3. The molecule has 0 saturated carbocycles. The van der Waals surface area contributed by atoms with E-state index < -0.39 is 0 Å². The first-order valence-corrected chi connectivity index (χ1v) is 4.58. The number of aryl methyl sites for hydroxylation is 1. The van der Waals surface area contributed by atoms with Gasteiger partial charge >= 0.3 is 0 Å². The fourth-order valence-electron chi connectivity index (χ4n) is 1.06. The van der Waals surface area contributed by atoms with E-state index in [0.717, 1.165) is 20.3 Å². The van der Waals surface area contributed by atoms with E-state index in [4.69, 9.17) is 0 Å². The predicted molar refractivity (Wildman–Crippen MR) is 54.8 cm³/mol. The van der Waals surface area contributed by atoms with Crippen molar-refractivity contribution in [1.29, 1.82) is 0 Å². The number of hydrogen-bond acceptors (Lipinski definition) is 3. The molecule has 0 N–H and O–H groups in total. The fraction of sp³-hybridized carbons (Fsp3) is 0.125. The number of hydrogen-bond donors (Lipinski definition) is 0. The van der Waals surface area contributed by atoms with Gasteiger partial charge < -0.3 is 0 Å². The number of pyridine rings is 1. The molecule has 0 aromatic carbocycles. The maximum atomic E-state index is 4.14. The van der Waals surface area contributed by atoms with Gasteiger partial charge in [-0.2, -0.15) is 0 Å². The Labute approximate surface area is 83.4 Å². The molecule has 0 radical (unpaired) electrons. The van der Waals surface area contributed by atoms with Crippen molar-refractivity contribution in [3.8, 4) is 0 Å². The van der Waals surface area contributed by atoms with Crippen molar-refractivity contribution in [3.05, 3.63) is 28.0 Å². The Bertz CT molecular complexity index is 428. The maximum Gasteiger partial charge on any atom is 0.116 e. The Kier molecular flexibility index (Phi) is 1.92. The minimum atomic E-state index is 0.905. The van der Waals surface area contributed by atoms with Crippen LogP contribution < -0.4 is 0 Å². The van der Waals surface area contributed by atoms with Gasteiger partial charge in [-0.15, -0.1) is 0 Å². The second kappa shape index (κ2) is 2.93. The molecule has 0 aliphatic rings. The molecule has 2 aromatic rings. The van der Waals surface area contributed by atoms with E-state index in [-0.39, 0.29) is 0 Å². The topological polar surface area (TPSA) is 38.7 Å². The average molecular weight is 271 g/mol. The molecule has 2 heterocycles. The standard InChI is InChI=1S/C8H6IN3/c1-5-6-2-8(9)10-3-7(6)12-4-11-5/h2-4H,1H3. The van der Waals surface area contributed by atoms with Crippen molar-refractivity contribution < 1.29 is 0 Å². The predicted octanol–water partition coefficient (Wildman–Crippen LogP) is 1.94. The normalized spacial score (nSPS) is 10.5. The Morgan fingerprint density at radius 2 is 2.08 bits per heavy atom. The van der Waals surface area contributed by atoms with Crippen LogP contribution in [-0.2, 0) is 0 Å². The molecule has 0 amide bonds. The van der Waals surface area contributed by atoms with Crippen molar-refractivity contribution >= 4 is 33.5 Å². The largest absolute Gasteiger partial charge is 0.248 e. The van der Waals surface area contributed by atoms with Crippen molar-refractivity contribution in [2.24, 2.45) is 0 Å². The maximum absolute atomic E-state index is 4.14. The van der Waals surface area contributed by atoms with E-state index in [2.05, 4.69) is 37.5 Å². The number of rotatable bonds is 0. The summed E-state index contributed by atoms with van der Waals surface area (Å²) >= 11 is 2.18. The molecule has 2 rings (SSSR count). The molecule has 60 valence electrons. The van der Waals surface area contributed by atoms with Gasteiger partial charge in [-0.25, -0.2) is 15.0 Å². The summed E-state index contributed by atoms with van der Waals surface area (Å²) in [5, 5.41) is 1.08. The number of aromatic nitrogens is 3. The Balaban J connectivity index is 2.88. The van der Waals surface area contributed by atoms with Crippen LogP contribution >= 0.6 is 22.6 Å². The van der Waals surface area contributed by atoms with Crippen LogP contribution in [0, 0.1) is 10.6 Å². The molecule has 0 atom stereocenters. The molecule has 0 bridgehead atoms. The van der Waals surface area contributed by atoms with Crippen molar-refractivity contribution in [1.82, 2.24) is 15.0 Å². The quantitative estimate of drug-likeness (QED) is 0.543. The smallest absolute Gasteiger partial charge is 0.116 e. The first kappa shape index (κ1) is 7.85. The molecule has 0 unspecified atom stereocenters. The summed E-state index contributed by atoms with van der Waals surface area (Å²) in [5.41, 5.74) is 1.91. The van der Waals surface area contributed by atoms with E-state index in [1.165, 1.54) is 0 Å². The molecule has 0 aliphatic heterocycles. The fourth-order valence-corrected chi connectivity index (χ4v) is 1.51. The molecule has 12 heavy (non-hydrogen) atoms. The van der Waals surface area contributed by atoms with Crippen molar-refractivity contribution in [2.75, 3.05) is 0 Å². The summed E-state index contributed by atoms with van der Waals surface area (Å²) < 4.78 is 0.970. The minimum absolute atomic E-state index is 0.905. The van der Waals surface area contributed by atoms with Gasteiger partial charge in [-0.1, -0.05) is 0 Å². The summed E-state index contributed by atoms with van der Waals surface area (Å²) in [4.78, 5) is 12.4. The van der Waals surface area contributed by atoms with Crippen LogP contribution in [0.3, 0.4) is 0 Å². The Morgan fingerprint density at radius 1 is 1.25 bits per heavy atom. The third kappa shape index (κ3) is 1.26. The van der Waals surface area contributed by atoms with Crippen LogP contribution in [0.5, 0.6) is 0 Å². The first-order chi connectivity index (χ1) is 5.77. The number of fused-ring (bicyclic) bond motifs is 1. The third-order valence-electron chi connectivity index (χ3n) is 1.69. The van der Waals surface area contributed by atoms with Crippen LogP contribution in [0.1, 0.15) is 5.69 Å². The van der Waals surface area contributed by atoms with Gasteiger partial charge in [-0.3, -0.25) is 0 Å². The van der Waals surface area contributed by atoms with Crippen molar-refractivity contribution in [2.45, 2.75) is 6.92 Å². The van der Waals surface area contributed by atoms with Gasteiger partial charge in [-0.05, 0) is 35.6 Å². The van der Waals surface area contributed by atoms with Crippen LogP contribution in [0.2, 0.25) is 0 Å². The summed E-state index contributed by atoms with van der Waals surface area (Å²) in [6, 6.07) is 1.99. The van der Waals surface area contributed by atoms with Crippen LogP contribution in [0.15, 0.2) is 18.6 Å². The molecule has 0 saturated heterocycles. The van der Waals surface area contributed by atoms with E-state index in [9.17, 15) is 0 Å². The molecule has 3 nitrogen and oxygen atoms in total. The highest BCUT2D eigenvalue weighted by molar-refractivity contribution is 14.1. The second-order valence-corrected chi connectivity index (χ2v) is 3.59. The van der Waals surface area contributed by atoms with Crippen LogP contribution in [0.4, 0.5) is 0 Å². The van der Waals surface area contributed by atoms with Gasteiger partial charge in [0.25, 0.3) is 0 Å². The summed E-state index contributed by atoms with van der Waals surface area (Å²) in [6.45, 7) is 1.97. The minimum Gasteiger partial charge on any atom is -0.248 e. The molecule has 4 heteroatoms. The Hall–Kier alpha value is -0.780. The zero-order valence-electron chi connectivity index (χ0n) is 6.45. The molecular weight excluding hydrogens is 265 g/mol. The molecule has 0 fully saturated rings. The average Bonchev–Trinajstić information content (AvgIpc) is 2.07.